The van der Waals surface area contributed by atoms with Gasteiger partial charge in [-0.25, -0.2) is 18.0 Å². The molecule has 29 heavy (non-hydrogen) atoms. The zero-order valence-electron chi connectivity index (χ0n) is 15.3. The summed E-state index contributed by atoms with van der Waals surface area (Å²) < 4.78 is 42.3. The molecular weight excluding hydrogens is 381 g/mol. The summed E-state index contributed by atoms with van der Waals surface area (Å²) in [6, 6.07) is 7.23. The number of benzene rings is 2. The summed E-state index contributed by atoms with van der Waals surface area (Å²) in [4.78, 5) is 18.4. The lowest BCUT2D eigenvalue weighted by molar-refractivity contribution is 0.262. The quantitative estimate of drug-likeness (QED) is 0.626. The number of pyridine rings is 1. The van der Waals surface area contributed by atoms with Gasteiger partial charge in [-0.3, -0.25) is 4.98 Å². The molecule has 8 heteroatoms. The smallest absolute Gasteiger partial charge is 0.323 e. The summed E-state index contributed by atoms with van der Waals surface area (Å²) >= 11 is 0. The molecule has 1 saturated carbocycles. The number of piperidine rings is 1. The van der Waals surface area contributed by atoms with Crippen molar-refractivity contribution in [1.29, 1.82) is 0 Å². The number of anilines is 3. The van der Waals surface area contributed by atoms with Gasteiger partial charge in [0.05, 0.1) is 11.4 Å². The number of nitrogens with one attached hydrogen (secondary N) is 2. The maximum atomic E-state index is 14.5. The Bertz CT molecular complexity index is 1120. The van der Waals surface area contributed by atoms with Gasteiger partial charge in [-0.15, -0.1) is 0 Å². The summed E-state index contributed by atoms with van der Waals surface area (Å²) in [6.45, 7) is 1.28. The largest absolute Gasteiger partial charge is 0.369 e. The molecule has 5 rings (SSSR count). The Morgan fingerprint density at radius 3 is 2.66 bits per heavy atom. The van der Waals surface area contributed by atoms with Gasteiger partial charge < -0.3 is 15.5 Å². The number of aromatic nitrogens is 1. The van der Waals surface area contributed by atoms with Gasteiger partial charge >= 0.3 is 6.03 Å². The highest BCUT2D eigenvalue weighted by Gasteiger charge is 2.46. The Morgan fingerprint density at radius 1 is 1.07 bits per heavy atom. The summed E-state index contributed by atoms with van der Waals surface area (Å²) in [6.07, 6.45) is 4.35. The molecule has 1 unspecified atom stereocenters. The van der Waals surface area contributed by atoms with Gasteiger partial charge in [0.25, 0.3) is 0 Å². The predicted molar refractivity (Wildman–Crippen MR) is 105 cm³/mol. The first-order chi connectivity index (χ1) is 14.0. The molecule has 0 spiro atoms. The normalized spacial score (nSPS) is 19.9. The average molecular weight is 398 g/mol. The van der Waals surface area contributed by atoms with E-state index < -0.39 is 23.5 Å². The molecule has 0 bridgehead atoms. The predicted octanol–water partition coefficient (Wildman–Crippen LogP) is 4.75. The van der Waals surface area contributed by atoms with E-state index in [1.54, 1.807) is 35.5 Å². The zero-order valence-corrected chi connectivity index (χ0v) is 15.3. The Labute approximate surface area is 164 Å². The van der Waals surface area contributed by atoms with Gasteiger partial charge in [0.2, 0.25) is 0 Å². The number of nitrogens with zero attached hydrogens (tertiary/aromatic N) is 2. The van der Waals surface area contributed by atoms with Gasteiger partial charge in [-0.2, -0.15) is 0 Å². The average Bonchev–Trinajstić information content (AvgIpc) is 3.33. The molecule has 1 aliphatic carbocycles. The van der Waals surface area contributed by atoms with Crippen LogP contribution in [-0.2, 0) is 0 Å². The highest BCUT2D eigenvalue weighted by Crippen LogP contribution is 2.48. The van der Waals surface area contributed by atoms with Crippen molar-refractivity contribution in [3.63, 3.8) is 0 Å². The molecular formula is C21H17F3N4O. The Kier molecular flexibility index (Phi) is 4.08. The van der Waals surface area contributed by atoms with Crippen molar-refractivity contribution in [2.75, 3.05) is 28.6 Å². The van der Waals surface area contributed by atoms with E-state index in [1.807, 2.05) is 6.07 Å². The van der Waals surface area contributed by atoms with Crippen LogP contribution in [0.3, 0.4) is 0 Å². The van der Waals surface area contributed by atoms with E-state index in [1.165, 1.54) is 0 Å². The molecule has 1 aliphatic heterocycles. The van der Waals surface area contributed by atoms with E-state index in [2.05, 4.69) is 15.6 Å². The minimum Gasteiger partial charge on any atom is -0.369 e. The fraction of sp³-hybridized carbons (Fsp3) is 0.238. The first-order valence-corrected chi connectivity index (χ1v) is 9.34. The van der Waals surface area contributed by atoms with Crippen LogP contribution < -0.4 is 15.5 Å². The minimum atomic E-state index is -1.61. The molecule has 2 fully saturated rings. The standard InChI is InChI=1S/C21H17F3N4O/c22-15-7-17(28-9-12-6-13(12)10-28)20(19(24)18(15)23)27-21(29)26-16-3-1-2-11-8-25-5-4-14(11)16/h1-5,7-8,12-13H,6,9-10H2,(H2,26,27,29)/t12-,13?/m0/s1. The lowest BCUT2D eigenvalue weighted by atomic mass is 10.1. The number of hydrogen-bond donors (Lipinski definition) is 2. The van der Waals surface area contributed by atoms with Crippen molar-refractivity contribution in [3.05, 3.63) is 60.2 Å². The van der Waals surface area contributed by atoms with Crippen LogP contribution in [0.25, 0.3) is 10.8 Å². The van der Waals surface area contributed by atoms with Crippen molar-refractivity contribution in [2.45, 2.75) is 6.42 Å². The molecule has 148 valence electrons. The topological polar surface area (TPSA) is 57.3 Å². The van der Waals surface area contributed by atoms with E-state index in [0.29, 0.717) is 30.6 Å². The van der Waals surface area contributed by atoms with E-state index in [4.69, 9.17) is 0 Å². The first kappa shape index (κ1) is 17.8. The summed E-state index contributed by atoms with van der Waals surface area (Å²) in [5.41, 5.74) is 0.296. The van der Waals surface area contributed by atoms with Crippen molar-refractivity contribution in [1.82, 2.24) is 4.98 Å². The van der Waals surface area contributed by atoms with Crippen molar-refractivity contribution in [2.24, 2.45) is 11.8 Å². The number of halogens is 3. The summed E-state index contributed by atoms with van der Waals surface area (Å²) in [7, 11) is 0. The van der Waals surface area contributed by atoms with Crippen LogP contribution in [0.1, 0.15) is 6.42 Å². The van der Waals surface area contributed by atoms with E-state index in [9.17, 15) is 18.0 Å². The van der Waals surface area contributed by atoms with Gasteiger partial charge in [-0.1, -0.05) is 12.1 Å². The highest BCUT2D eigenvalue weighted by atomic mass is 19.2. The lowest BCUT2D eigenvalue weighted by Gasteiger charge is -2.24. The Hall–Kier alpha value is -3.29. The van der Waals surface area contributed by atoms with Crippen LogP contribution in [0.5, 0.6) is 0 Å². The molecule has 2 heterocycles. The van der Waals surface area contributed by atoms with Crippen molar-refractivity contribution in [3.8, 4) is 0 Å². The lowest BCUT2D eigenvalue weighted by Crippen LogP contribution is -2.27. The Morgan fingerprint density at radius 2 is 1.86 bits per heavy atom. The summed E-state index contributed by atoms with van der Waals surface area (Å²) in [5, 5.41) is 6.60. The molecule has 0 radical (unpaired) electrons. The molecule has 5 nitrogen and oxygen atoms in total. The number of carbonyl (C=O) groups excluding carboxylic acids is 1. The maximum absolute atomic E-state index is 14.5. The molecule has 2 amide bonds. The summed E-state index contributed by atoms with van der Waals surface area (Å²) in [5.74, 6) is -3.29. The number of urea groups is 1. The Balaban J connectivity index is 1.44. The SMILES string of the molecule is O=C(Nc1c(N2CC3C[C@H]3C2)cc(F)c(F)c1F)Nc1cccc2cnccc12. The number of fused-ring (bicyclic) bond motifs is 2. The monoisotopic (exact) mass is 398 g/mol. The third kappa shape index (κ3) is 3.14. The van der Waals surface area contributed by atoms with Crippen LogP contribution in [0.4, 0.5) is 35.0 Å². The zero-order chi connectivity index (χ0) is 20.1. The third-order valence-electron chi connectivity index (χ3n) is 5.63. The third-order valence-corrected chi connectivity index (χ3v) is 5.63. The molecule has 2 aromatic carbocycles. The maximum Gasteiger partial charge on any atom is 0.323 e. The van der Waals surface area contributed by atoms with E-state index in [-0.39, 0.29) is 11.4 Å². The second-order valence-corrected chi connectivity index (χ2v) is 7.52. The first-order valence-electron chi connectivity index (χ1n) is 9.34. The van der Waals surface area contributed by atoms with Crippen LogP contribution >= 0.6 is 0 Å². The van der Waals surface area contributed by atoms with Crippen molar-refractivity contribution >= 4 is 33.9 Å². The minimum absolute atomic E-state index is 0.158. The highest BCUT2D eigenvalue weighted by molar-refractivity contribution is 6.07. The van der Waals surface area contributed by atoms with Crippen LogP contribution in [-0.4, -0.2) is 24.1 Å². The molecule has 2 atom stereocenters. The molecule has 1 aromatic heterocycles. The second-order valence-electron chi connectivity index (χ2n) is 7.52. The van der Waals surface area contributed by atoms with Gasteiger partial charge in [0.1, 0.15) is 5.69 Å². The van der Waals surface area contributed by atoms with Crippen LogP contribution in [0.2, 0.25) is 0 Å². The van der Waals surface area contributed by atoms with Gasteiger partial charge in [0.15, 0.2) is 17.5 Å². The van der Waals surface area contributed by atoms with Gasteiger partial charge in [0, 0.05) is 42.3 Å². The fourth-order valence-corrected chi connectivity index (χ4v) is 4.04. The van der Waals surface area contributed by atoms with Crippen LogP contribution in [0, 0.1) is 29.3 Å². The number of rotatable bonds is 3. The van der Waals surface area contributed by atoms with E-state index >= 15 is 0 Å². The van der Waals surface area contributed by atoms with Crippen molar-refractivity contribution < 1.29 is 18.0 Å². The molecule has 3 aromatic rings. The molecule has 2 N–H and O–H groups in total. The fourth-order valence-electron chi connectivity index (χ4n) is 4.04. The second kappa shape index (κ2) is 6.65. The van der Waals surface area contributed by atoms with Gasteiger partial charge in [-0.05, 0) is 30.4 Å². The number of amides is 2. The van der Waals surface area contributed by atoms with Crippen LogP contribution in [0.15, 0.2) is 42.7 Å². The molecule has 1 saturated heterocycles. The number of hydrogen-bond acceptors (Lipinski definition) is 3. The van der Waals surface area contributed by atoms with E-state index in [0.717, 1.165) is 23.3 Å². The molecule has 2 aliphatic rings. The number of carbonyl (C=O) groups is 1.